The van der Waals surface area contributed by atoms with E-state index in [0.717, 1.165) is 11.1 Å². The van der Waals surface area contributed by atoms with Gasteiger partial charge >= 0.3 is 51.4 Å². The SMILES string of the molecule is Cc1cncc(C(=O)Nc2cccc(C(C)N[C-]=CN=c3[cH-]c(Cl)n[nH]3)c2)c1.[K+]. The Morgan fingerprint density at radius 3 is 2.93 bits per heavy atom. The summed E-state index contributed by atoms with van der Waals surface area (Å²) < 4.78 is 0. The Bertz CT molecular complexity index is 1060. The maximum Gasteiger partial charge on any atom is 1.00 e. The first kappa shape index (κ1) is 23.6. The first-order valence-corrected chi connectivity index (χ1v) is 8.96. The van der Waals surface area contributed by atoms with Gasteiger partial charge in [-0.3, -0.25) is 20.9 Å². The predicted molar refractivity (Wildman–Crippen MR) is 107 cm³/mol. The van der Waals surface area contributed by atoms with Crippen molar-refractivity contribution >= 4 is 23.2 Å². The topological polar surface area (TPSA) is 95.1 Å². The van der Waals surface area contributed by atoms with Gasteiger partial charge in [0.2, 0.25) is 0 Å². The van der Waals surface area contributed by atoms with E-state index in [1.807, 2.05) is 38.1 Å². The molecule has 1 unspecified atom stereocenters. The second-order valence-corrected chi connectivity index (χ2v) is 6.56. The number of nitrogens with zero attached hydrogens (tertiary/aromatic N) is 3. The summed E-state index contributed by atoms with van der Waals surface area (Å²) in [6.07, 6.45) is 7.66. The third-order valence-corrected chi connectivity index (χ3v) is 4.08. The number of H-pyrrole nitrogens is 1. The van der Waals surface area contributed by atoms with Crippen molar-refractivity contribution in [1.29, 1.82) is 0 Å². The van der Waals surface area contributed by atoms with Crippen molar-refractivity contribution < 1.29 is 56.2 Å². The van der Waals surface area contributed by atoms with Crippen LogP contribution in [0.2, 0.25) is 5.15 Å². The Morgan fingerprint density at radius 1 is 1.38 bits per heavy atom. The van der Waals surface area contributed by atoms with Gasteiger partial charge in [-0.25, -0.2) is 5.10 Å². The molecular weight excluding hydrogens is 415 g/mol. The van der Waals surface area contributed by atoms with Crippen LogP contribution in [-0.2, 0) is 0 Å². The number of amides is 1. The van der Waals surface area contributed by atoms with Gasteiger partial charge in [0.1, 0.15) is 0 Å². The van der Waals surface area contributed by atoms with Gasteiger partial charge in [-0.05, 0) is 53.8 Å². The molecule has 2 aromatic heterocycles. The summed E-state index contributed by atoms with van der Waals surface area (Å²) in [6, 6.07) is 11.0. The average Bonchev–Trinajstić information content (AvgIpc) is 3.10. The van der Waals surface area contributed by atoms with Crippen LogP contribution in [0.1, 0.15) is 34.5 Å². The van der Waals surface area contributed by atoms with Gasteiger partial charge in [0.25, 0.3) is 5.91 Å². The molecular formula is C20H19ClKN6O-. The van der Waals surface area contributed by atoms with Gasteiger partial charge in [0, 0.05) is 24.1 Å². The zero-order valence-electron chi connectivity index (χ0n) is 16.4. The predicted octanol–water partition coefficient (Wildman–Crippen LogP) is 0.268. The molecule has 144 valence electrons. The molecule has 3 rings (SSSR count). The molecule has 29 heavy (non-hydrogen) atoms. The number of aromatic amines is 1. The summed E-state index contributed by atoms with van der Waals surface area (Å²) in [7, 11) is 0. The maximum atomic E-state index is 12.4. The van der Waals surface area contributed by atoms with Crippen LogP contribution < -0.4 is 67.5 Å². The minimum Gasteiger partial charge on any atom is -0.560 e. The van der Waals surface area contributed by atoms with Gasteiger partial charge in [0.15, 0.2) is 0 Å². The number of rotatable bonds is 6. The van der Waals surface area contributed by atoms with Crippen LogP contribution in [0, 0.1) is 13.1 Å². The van der Waals surface area contributed by atoms with E-state index >= 15 is 0 Å². The molecule has 1 amide bonds. The van der Waals surface area contributed by atoms with E-state index in [1.54, 1.807) is 24.5 Å². The third kappa shape index (κ3) is 7.25. The van der Waals surface area contributed by atoms with Gasteiger partial charge in [-0.2, -0.15) is 0 Å². The molecule has 0 spiro atoms. The summed E-state index contributed by atoms with van der Waals surface area (Å²) in [5.74, 6) is -0.197. The van der Waals surface area contributed by atoms with E-state index in [-0.39, 0.29) is 63.3 Å². The van der Waals surface area contributed by atoms with Crippen molar-refractivity contribution in [3.8, 4) is 0 Å². The average molecular weight is 434 g/mol. The first-order chi connectivity index (χ1) is 13.5. The van der Waals surface area contributed by atoms with Gasteiger partial charge in [-0.1, -0.05) is 12.1 Å². The fraction of sp³-hybridized carbons (Fsp3) is 0.150. The number of aryl methyl sites for hydroxylation is 1. The number of nitrogens with one attached hydrogen (secondary N) is 3. The fourth-order valence-corrected chi connectivity index (χ4v) is 2.62. The smallest absolute Gasteiger partial charge is 0.560 e. The van der Waals surface area contributed by atoms with Crippen molar-refractivity contribution in [1.82, 2.24) is 20.5 Å². The number of halogens is 1. The standard InChI is InChI=1S/C20H19ClN6O.K/c1-13-8-16(12-22-11-13)20(28)25-17-5-3-4-15(9-17)14(2)23-6-7-24-19-10-18(21)26-27-19;/h3-5,7-12,14,23H,1-2H3,(H,24,27)(H,25,28);/q-2;+1. The molecule has 0 bridgehead atoms. The second-order valence-electron chi connectivity index (χ2n) is 6.18. The van der Waals surface area contributed by atoms with E-state index in [1.165, 1.54) is 6.20 Å². The van der Waals surface area contributed by atoms with Crippen LogP contribution >= 0.6 is 11.6 Å². The van der Waals surface area contributed by atoms with Crippen molar-refractivity contribution in [3.63, 3.8) is 0 Å². The molecule has 0 aliphatic rings. The van der Waals surface area contributed by atoms with Gasteiger partial charge in [-0.15, -0.1) is 17.8 Å². The zero-order valence-corrected chi connectivity index (χ0v) is 20.3. The van der Waals surface area contributed by atoms with E-state index in [2.05, 4.69) is 37.0 Å². The van der Waals surface area contributed by atoms with Crippen LogP contribution in [0.25, 0.3) is 0 Å². The third-order valence-electron chi connectivity index (χ3n) is 3.88. The number of hydrogen-bond acceptors (Lipinski definition) is 5. The molecule has 1 atom stereocenters. The molecule has 0 saturated carbocycles. The molecule has 0 saturated heterocycles. The normalized spacial score (nSPS) is 12.4. The molecule has 7 nitrogen and oxygen atoms in total. The molecule has 2 heterocycles. The second kappa shape index (κ2) is 11.5. The molecule has 0 aliphatic carbocycles. The summed E-state index contributed by atoms with van der Waals surface area (Å²) in [4.78, 5) is 20.6. The molecule has 9 heteroatoms. The van der Waals surface area contributed by atoms with Crippen molar-refractivity contribution in [2.45, 2.75) is 19.9 Å². The zero-order chi connectivity index (χ0) is 19.9. The number of anilines is 1. The Labute approximate surface area is 216 Å². The van der Waals surface area contributed by atoms with Gasteiger partial charge in [0.05, 0.1) is 5.56 Å². The Morgan fingerprint density at radius 2 is 2.21 bits per heavy atom. The Kier molecular flexibility index (Phi) is 9.35. The summed E-state index contributed by atoms with van der Waals surface area (Å²) in [6.45, 7) is 3.88. The van der Waals surface area contributed by atoms with Crippen LogP contribution in [0.15, 0.2) is 60.0 Å². The van der Waals surface area contributed by atoms with E-state index in [0.29, 0.717) is 21.9 Å². The minimum atomic E-state index is -0.197. The number of pyridine rings is 1. The minimum absolute atomic E-state index is 0. The summed E-state index contributed by atoms with van der Waals surface area (Å²) >= 11 is 5.72. The van der Waals surface area contributed by atoms with Gasteiger partial charge < -0.3 is 21.8 Å². The maximum absolute atomic E-state index is 12.4. The number of benzene rings is 1. The number of hydrogen-bond donors (Lipinski definition) is 3. The fourth-order valence-electron chi connectivity index (χ4n) is 2.47. The molecule has 0 fully saturated rings. The van der Waals surface area contributed by atoms with Crippen LogP contribution in [0.3, 0.4) is 0 Å². The van der Waals surface area contributed by atoms with E-state index in [9.17, 15) is 4.79 Å². The first-order valence-electron chi connectivity index (χ1n) is 8.59. The van der Waals surface area contributed by atoms with Crippen molar-refractivity contribution in [2.75, 3.05) is 5.32 Å². The molecule has 3 N–H and O–H groups in total. The number of carbonyl (C=O) groups is 1. The summed E-state index contributed by atoms with van der Waals surface area (Å²) in [5, 5.41) is 12.8. The van der Waals surface area contributed by atoms with Crippen molar-refractivity contribution in [2.24, 2.45) is 4.99 Å². The van der Waals surface area contributed by atoms with E-state index in [4.69, 9.17) is 11.6 Å². The quantitative estimate of drug-likeness (QED) is 0.295. The summed E-state index contributed by atoms with van der Waals surface area (Å²) in [5.41, 5.74) is 3.70. The van der Waals surface area contributed by atoms with Crippen LogP contribution in [0.5, 0.6) is 0 Å². The van der Waals surface area contributed by atoms with E-state index < -0.39 is 0 Å². The van der Waals surface area contributed by atoms with Crippen molar-refractivity contribution in [3.05, 3.63) is 88.5 Å². The molecule has 0 radical (unpaired) electrons. The Balaban J connectivity index is 0.00000300. The Hall–Kier alpha value is -1.68. The van der Waals surface area contributed by atoms with Crippen LogP contribution in [0.4, 0.5) is 5.69 Å². The largest absolute Gasteiger partial charge is 1.00 e. The molecule has 0 aliphatic heterocycles. The monoisotopic (exact) mass is 433 g/mol. The molecule has 1 aromatic carbocycles. The van der Waals surface area contributed by atoms with Crippen LogP contribution in [-0.4, -0.2) is 21.1 Å². The number of carbonyl (C=O) groups excluding carboxylic acids is 1. The number of aromatic nitrogens is 3. The molecule has 3 aromatic rings.